The molecule has 2 amide bonds. The fourth-order valence-corrected chi connectivity index (χ4v) is 5.81. The molecule has 37 heavy (non-hydrogen) atoms. The molecule has 0 aromatic heterocycles. The minimum Gasteiger partial charge on any atom is -0.427 e. The van der Waals surface area contributed by atoms with E-state index in [9.17, 15) is 19.2 Å². The molecular weight excluding hydrogens is 492 g/mol. The van der Waals surface area contributed by atoms with Crippen molar-refractivity contribution in [1.82, 2.24) is 0 Å². The van der Waals surface area contributed by atoms with Gasteiger partial charge in [-0.3, -0.25) is 19.2 Å². The molecule has 7 nitrogen and oxygen atoms in total. The number of hydrogen-bond acceptors (Lipinski definition) is 6. The molecule has 0 aliphatic carbocycles. The lowest BCUT2D eigenvalue weighted by atomic mass is 9.86. The molecule has 2 saturated heterocycles. The molecule has 6 rings (SSSR count). The summed E-state index contributed by atoms with van der Waals surface area (Å²) in [4.78, 5) is 56.1. The van der Waals surface area contributed by atoms with Crippen LogP contribution >= 0.6 is 11.6 Å². The zero-order valence-electron chi connectivity index (χ0n) is 19.7. The first kappa shape index (κ1) is 23.2. The van der Waals surface area contributed by atoms with Crippen LogP contribution in [0.1, 0.15) is 22.8 Å². The number of benzene rings is 3. The third kappa shape index (κ3) is 3.65. The van der Waals surface area contributed by atoms with E-state index in [0.29, 0.717) is 22.0 Å². The Kier molecular flexibility index (Phi) is 5.46. The molecule has 4 atom stereocenters. The van der Waals surface area contributed by atoms with Crippen LogP contribution in [0.2, 0.25) is 5.02 Å². The summed E-state index contributed by atoms with van der Waals surface area (Å²) in [5, 5.41) is 0.492. The Hall–Kier alpha value is -4.23. The smallest absolute Gasteiger partial charge is 0.308 e. The lowest BCUT2D eigenvalue weighted by molar-refractivity contribution is -0.132. The highest BCUT2D eigenvalue weighted by Crippen LogP contribution is 2.49. The number of anilines is 2. The molecule has 0 saturated carbocycles. The lowest BCUT2D eigenvalue weighted by Gasteiger charge is -2.36. The van der Waals surface area contributed by atoms with E-state index in [4.69, 9.17) is 16.3 Å². The fraction of sp³-hybridized carbons (Fsp3) is 0.172. The molecule has 3 aromatic carbocycles. The number of hydrogen-bond donors (Lipinski definition) is 0. The summed E-state index contributed by atoms with van der Waals surface area (Å²) < 4.78 is 5.09. The van der Waals surface area contributed by atoms with Crippen LogP contribution in [-0.2, 0) is 14.4 Å². The Balaban J connectivity index is 1.44. The molecule has 0 bridgehead atoms. The highest BCUT2D eigenvalue weighted by molar-refractivity contribution is 6.31. The highest BCUT2D eigenvalue weighted by atomic mass is 35.5. The second-order valence-electron chi connectivity index (χ2n) is 9.28. The molecule has 3 aromatic rings. The van der Waals surface area contributed by atoms with Crippen molar-refractivity contribution in [3.05, 3.63) is 95.0 Å². The molecule has 0 unspecified atom stereocenters. The Morgan fingerprint density at radius 3 is 2.24 bits per heavy atom. The Labute approximate surface area is 217 Å². The number of ether oxygens (including phenoxy) is 1. The molecule has 0 spiro atoms. The second kappa shape index (κ2) is 8.71. The van der Waals surface area contributed by atoms with Gasteiger partial charge in [0.1, 0.15) is 11.8 Å². The number of amides is 2. The number of carbonyl (C=O) groups excluding carboxylic acids is 4. The zero-order chi connectivity index (χ0) is 25.8. The first-order valence-electron chi connectivity index (χ1n) is 11.9. The van der Waals surface area contributed by atoms with Crippen molar-refractivity contribution in [2.45, 2.75) is 19.0 Å². The number of para-hydroxylation sites is 1. The summed E-state index contributed by atoms with van der Waals surface area (Å²) in [7, 11) is 0. The van der Waals surface area contributed by atoms with Gasteiger partial charge in [0.15, 0.2) is 5.78 Å². The van der Waals surface area contributed by atoms with Crippen LogP contribution in [0.4, 0.5) is 11.4 Å². The van der Waals surface area contributed by atoms with Crippen LogP contribution in [0.5, 0.6) is 5.75 Å². The van der Waals surface area contributed by atoms with Gasteiger partial charge in [-0.25, -0.2) is 4.90 Å². The van der Waals surface area contributed by atoms with Gasteiger partial charge in [-0.1, -0.05) is 42.0 Å². The average molecular weight is 513 g/mol. The Morgan fingerprint density at radius 1 is 0.865 bits per heavy atom. The van der Waals surface area contributed by atoms with Crippen molar-refractivity contribution in [3.8, 4) is 5.75 Å². The SMILES string of the molecule is CC(=O)Oc1ccc(C(=O)[C@@H]2[C@@H]3C(=O)N(c4ccc(Cl)cc4)C(=O)[C@H]3[C@H]3C=Cc4ccccc4N32)cc1. The van der Waals surface area contributed by atoms with Gasteiger partial charge in [0.25, 0.3) is 0 Å². The molecule has 3 aliphatic rings. The monoisotopic (exact) mass is 512 g/mol. The minimum absolute atomic E-state index is 0.281. The topological polar surface area (TPSA) is 84.0 Å². The number of esters is 1. The maximum absolute atomic E-state index is 14.1. The van der Waals surface area contributed by atoms with E-state index in [2.05, 4.69) is 0 Å². The molecular formula is C29H21ClN2O5. The molecule has 8 heteroatoms. The van der Waals surface area contributed by atoms with Crippen LogP contribution in [0, 0.1) is 11.8 Å². The number of halogens is 1. The fourth-order valence-electron chi connectivity index (χ4n) is 5.68. The number of imide groups is 1. The Morgan fingerprint density at radius 2 is 1.54 bits per heavy atom. The number of rotatable bonds is 4. The molecule has 3 heterocycles. The molecule has 3 aliphatic heterocycles. The number of nitrogens with zero attached hydrogens (tertiary/aromatic N) is 2. The normalized spacial score (nSPS) is 23.5. The second-order valence-corrected chi connectivity index (χ2v) is 9.72. The van der Waals surface area contributed by atoms with Crippen molar-refractivity contribution in [1.29, 1.82) is 0 Å². The number of fused-ring (bicyclic) bond motifs is 5. The van der Waals surface area contributed by atoms with Gasteiger partial charge >= 0.3 is 5.97 Å². The standard InChI is InChI=1S/C29H21ClN2O5/c1-16(33)37-21-13-6-18(7-14-21)27(34)26-25-24(23-15-8-17-4-2-3-5-22(17)32(23)26)28(35)31(29(25)36)20-11-9-19(30)10-12-20/h2-15,23-26H,1H3/t23-,24+,25-,26+/m1/s1. The van der Waals surface area contributed by atoms with E-state index < -0.39 is 35.8 Å². The van der Waals surface area contributed by atoms with Crippen LogP contribution in [0.25, 0.3) is 6.08 Å². The van der Waals surface area contributed by atoms with Gasteiger partial charge < -0.3 is 9.64 Å². The van der Waals surface area contributed by atoms with Gasteiger partial charge in [0.2, 0.25) is 11.8 Å². The summed E-state index contributed by atoms with van der Waals surface area (Å²) >= 11 is 6.02. The van der Waals surface area contributed by atoms with Crippen LogP contribution in [0.3, 0.4) is 0 Å². The van der Waals surface area contributed by atoms with Crippen molar-refractivity contribution >= 4 is 52.6 Å². The number of Topliss-reactive ketones (excluding diaryl/α,β-unsaturated/α-hetero) is 1. The summed E-state index contributed by atoms with van der Waals surface area (Å²) in [5.74, 6) is -2.76. The van der Waals surface area contributed by atoms with Crippen molar-refractivity contribution in [2.24, 2.45) is 11.8 Å². The van der Waals surface area contributed by atoms with Crippen LogP contribution < -0.4 is 14.5 Å². The minimum atomic E-state index is -0.894. The van der Waals surface area contributed by atoms with Gasteiger partial charge in [-0.05, 0) is 60.2 Å². The van der Waals surface area contributed by atoms with Crippen molar-refractivity contribution in [2.75, 3.05) is 9.80 Å². The van der Waals surface area contributed by atoms with E-state index >= 15 is 0 Å². The van der Waals surface area contributed by atoms with Crippen molar-refractivity contribution < 1.29 is 23.9 Å². The Bertz CT molecular complexity index is 1480. The molecule has 2 fully saturated rings. The van der Waals surface area contributed by atoms with Crippen molar-refractivity contribution in [3.63, 3.8) is 0 Å². The maximum atomic E-state index is 14.1. The van der Waals surface area contributed by atoms with Gasteiger partial charge in [-0.15, -0.1) is 0 Å². The van der Waals surface area contributed by atoms with E-state index in [1.807, 2.05) is 41.3 Å². The van der Waals surface area contributed by atoms with E-state index in [-0.39, 0.29) is 11.7 Å². The maximum Gasteiger partial charge on any atom is 0.308 e. The van der Waals surface area contributed by atoms with E-state index in [0.717, 1.165) is 11.3 Å². The quantitative estimate of drug-likeness (QED) is 0.221. The largest absolute Gasteiger partial charge is 0.427 e. The highest BCUT2D eigenvalue weighted by Gasteiger charge is 2.64. The predicted octanol–water partition coefficient (Wildman–Crippen LogP) is 4.54. The molecule has 184 valence electrons. The summed E-state index contributed by atoms with van der Waals surface area (Å²) in [6.45, 7) is 1.30. The molecule has 0 radical (unpaired) electrons. The van der Waals surface area contributed by atoms with Gasteiger partial charge in [0, 0.05) is 23.2 Å². The third-order valence-electron chi connectivity index (χ3n) is 7.17. The van der Waals surface area contributed by atoms with Gasteiger partial charge in [-0.2, -0.15) is 0 Å². The molecule has 0 N–H and O–H groups in total. The van der Waals surface area contributed by atoms with E-state index in [1.54, 1.807) is 48.5 Å². The summed E-state index contributed by atoms with van der Waals surface area (Å²) in [5.41, 5.74) is 2.50. The summed E-state index contributed by atoms with van der Waals surface area (Å²) in [6.07, 6.45) is 3.85. The predicted molar refractivity (Wildman–Crippen MR) is 139 cm³/mol. The van der Waals surface area contributed by atoms with E-state index in [1.165, 1.54) is 11.8 Å². The van der Waals surface area contributed by atoms with Crippen LogP contribution in [-0.4, -0.2) is 35.7 Å². The first-order valence-corrected chi connectivity index (χ1v) is 12.2. The number of carbonyl (C=O) groups is 4. The number of ketones is 1. The van der Waals surface area contributed by atoms with Gasteiger partial charge in [0.05, 0.1) is 23.6 Å². The lowest BCUT2D eigenvalue weighted by Crippen LogP contribution is -2.48. The average Bonchev–Trinajstić information content (AvgIpc) is 3.37. The zero-order valence-corrected chi connectivity index (χ0v) is 20.5. The third-order valence-corrected chi connectivity index (χ3v) is 7.42. The van der Waals surface area contributed by atoms with Crippen LogP contribution in [0.15, 0.2) is 78.9 Å². The first-order chi connectivity index (χ1) is 17.8. The summed E-state index contributed by atoms with van der Waals surface area (Å²) in [6, 6.07) is 19.0.